The van der Waals surface area contributed by atoms with Crippen LogP contribution in [0.5, 0.6) is 0 Å². The van der Waals surface area contributed by atoms with Gasteiger partial charge >= 0.3 is 0 Å². The number of nitrogens with two attached hydrogens (primary N) is 1. The predicted octanol–water partition coefficient (Wildman–Crippen LogP) is 2.72. The Morgan fingerprint density at radius 3 is 2.50 bits per heavy atom. The molecule has 1 aromatic carbocycles. The smallest absolute Gasteiger partial charge is 0.238 e. The van der Waals surface area contributed by atoms with Crippen molar-refractivity contribution in [1.29, 1.82) is 0 Å². The van der Waals surface area contributed by atoms with E-state index in [0.29, 0.717) is 24.1 Å². The van der Waals surface area contributed by atoms with Gasteiger partial charge in [0, 0.05) is 12.6 Å². The van der Waals surface area contributed by atoms with Gasteiger partial charge in [-0.05, 0) is 34.9 Å². The Morgan fingerprint density at radius 2 is 1.92 bits per heavy atom. The third kappa shape index (κ3) is 3.27. The van der Waals surface area contributed by atoms with Crippen molar-refractivity contribution < 1.29 is 12.8 Å². The zero-order valence-corrected chi connectivity index (χ0v) is 14.3. The summed E-state index contributed by atoms with van der Waals surface area (Å²) in [4.78, 5) is 3.94. The number of sulfonamides is 1. The van der Waals surface area contributed by atoms with Crippen molar-refractivity contribution in [1.82, 2.24) is 4.98 Å². The topological polar surface area (TPSA) is 85.1 Å². The average molecular weight is 349 g/mol. The van der Waals surface area contributed by atoms with Gasteiger partial charge in [0.1, 0.15) is 5.82 Å². The number of primary sulfonamides is 1. The lowest BCUT2D eigenvalue weighted by Gasteiger charge is -2.06. The van der Waals surface area contributed by atoms with Gasteiger partial charge in [-0.15, -0.1) is 0 Å². The molecule has 0 saturated heterocycles. The fourth-order valence-electron chi connectivity index (χ4n) is 3.39. The van der Waals surface area contributed by atoms with Crippen molar-refractivity contribution in [2.75, 3.05) is 11.9 Å². The average Bonchev–Trinajstić information content (AvgIpc) is 3.05. The summed E-state index contributed by atoms with van der Waals surface area (Å²) in [6.07, 6.45) is 2.76. The Hall–Kier alpha value is -1.99. The van der Waals surface area contributed by atoms with E-state index in [4.69, 9.17) is 5.14 Å². The quantitative estimate of drug-likeness (QED) is 0.869. The number of halogens is 1. The van der Waals surface area contributed by atoms with Crippen molar-refractivity contribution in [3.8, 4) is 0 Å². The molecule has 24 heavy (non-hydrogen) atoms. The number of hydrogen-bond acceptors (Lipinski definition) is 4. The highest BCUT2D eigenvalue weighted by Gasteiger charge is 2.57. The van der Waals surface area contributed by atoms with Crippen LogP contribution in [0.2, 0.25) is 0 Å². The van der Waals surface area contributed by atoms with Crippen molar-refractivity contribution in [2.45, 2.75) is 24.7 Å². The maximum absolute atomic E-state index is 13.2. The largest absolute Gasteiger partial charge is 0.383 e. The summed E-state index contributed by atoms with van der Waals surface area (Å²) in [5.41, 5.74) is 1.81. The SMILES string of the molecule is CC1(C)[C@@H](CNc2cncc(F)c2)[C@@H]1c1ccc(S(N)(=O)=O)cc1. The number of nitrogens with one attached hydrogen (secondary N) is 1. The summed E-state index contributed by atoms with van der Waals surface area (Å²) >= 11 is 0. The number of nitrogens with zero attached hydrogens (tertiary/aromatic N) is 1. The monoisotopic (exact) mass is 349 g/mol. The molecular formula is C17H20FN3O2S. The van der Waals surface area contributed by atoms with Crippen molar-refractivity contribution in [3.05, 3.63) is 54.1 Å². The number of pyridine rings is 1. The number of benzene rings is 1. The van der Waals surface area contributed by atoms with E-state index in [9.17, 15) is 12.8 Å². The highest BCUT2D eigenvalue weighted by molar-refractivity contribution is 7.89. The summed E-state index contributed by atoms with van der Waals surface area (Å²) < 4.78 is 35.9. The number of aromatic nitrogens is 1. The zero-order chi connectivity index (χ0) is 17.5. The minimum atomic E-state index is -3.67. The van der Waals surface area contributed by atoms with Crippen LogP contribution in [-0.4, -0.2) is 19.9 Å². The molecule has 0 amide bonds. The van der Waals surface area contributed by atoms with Gasteiger partial charge in [-0.25, -0.2) is 17.9 Å². The minimum Gasteiger partial charge on any atom is -0.383 e. The van der Waals surface area contributed by atoms with Crippen LogP contribution in [0.25, 0.3) is 0 Å². The first-order valence-corrected chi connectivity index (χ1v) is 9.21. The molecule has 1 heterocycles. The van der Waals surface area contributed by atoms with E-state index in [2.05, 4.69) is 24.1 Å². The molecule has 1 saturated carbocycles. The first-order chi connectivity index (χ1) is 11.2. The van der Waals surface area contributed by atoms with Crippen LogP contribution < -0.4 is 10.5 Å². The van der Waals surface area contributed by atoms with Gasteiger partial charge in [-0.3, -0.25) is 4.98 Å². The summed E-state index contributed by atoms with van der Waals surface area (Å²) in [6.45, 7) is 5.03. The first kappa shape index (κ1) is 16.9. The summed E-state index contributed by atoms with van der Waals surface area (Å²) in [6, 6.07) is 8.13. The third-order valence-electron chi connectivity index (χ3n) is 4.85. The van der Waals surface area contributed by atoms with E-state index in [1.807, 2.05) is 12.1 Å². The standard InChI is InChI=1S/C17H20FN3O2S/c1-17(2)15(10-21-13-7-12(18)8-20-9-13)16(17)11-3-5-14(6-4-11)24(19,22)23/h3-9,15-16,21H,10H2,1-2H3,(H2,19,22,23)/t15-,16-/m0/s1. The molecule has 1 aliphatic rings. The lowest BCUT2D eigenvalue weighted by molar-refractivity contribution is 0.565. The van der Waals surface area contributed by atoms with E-state index >= 15 is 0 Å². The Labute approximate surface area is 141 Å². The molecule has 1 fully saturated rings. The Kier molecular flexibility index (Phi) is 4.09. The van der Waals surface area contributed by atoms with Crippen molar-refractivity contribution in [3.63, 3.8) is 0 Å². The normalized spacial score (nSPS) is 22.2. The molecule has 0 spiro atoms. The van der Waals surface area contributed by atoms with Gasteiger partial charge in [0.25, 0.3) is 0 Å². The Morgan fingerprint density at radius 1 is 1.25 bits per heavy atom. The molecule has 2 atom stereocenters. The molecule has 7 heteroatoms. The number of anilines is 1. The van der Waals surface area contributed by atoms with Gasteiger partial charge in [-0.2, -0.15) is 0 Å². The maximum Gasteiger partial charge on any atom is 0.238 e. The van der Waals surface area contributed by atoms with Crippen molar-refractivity contribution >= 4 is 15.7 Å². The second kappa shape index (κ2) is 5.82. The zero-order valence-electron chi connectivity index (χ0n) is 13.5. The van der Waals surface area contributed by atoms with Crippen LogP contribution in [0.4, 0.5) is 10.1 Å². The van der Waals surface area contributed by atoms with Gasteiger partial charge in [-0.1, -0.05) is 26.0 Å². The number of hydrogen-bond donors (Lipinski definition) is 2. The second-order valence-corrected chi connectivity index (χ2v) is 8.35. The lowest BCUT2D eigenvalue weighted by Crippen LogP contribution is -2.11. The third-order valence-corrected chi connectivity index (χ3v) is 5.78. The van der Waals surface area contributed by atoms with Crippen LogP contribution in [0, 0.1) is 17.2 Å². The highest BCUT2D eigenvalue weighted by atomic mass is 32.2. The van der Waals surface area contributed by atoms with E-state index in [1.165, 1.54) is 12.3 Å². The molecule has 3 N–H and O–H groups in total. The molecule has 0 unspecified atom stereocenters. The molecule has 1 aliphatic carbocycles. The molecule has 1 aromatic heterocycles. The van der Waals surface area contributed by atoms with Crippen LogP contribution in [0.3, 0.4) is 0 Å². The predicted molar refractivity (Wildman–Crippen MR) is 90.5 cm³/mol. The van der Waals surface area contributed by atoms with Gasteiger partial charge in [0.2, 0.25) is 10.0 Å². The Balaban J connectivity index is 1.70. The lowest BCUT2D eigenvalue weighted by atomic mass is 10.0. The molecule has 3 rings (SSSR count). The highest BCUT2D eigenvalue weighted by Crippen LogP contribution is 2.64. The van der Waals surface area contributed by atoms with Crippen LogP contribution in [-0.2, 0) is 10.0 Å². The molecule has 5 nitrogen and oxygen atoms in total. The molecule has 2 aromatic rings. The van der Waals surface area contributed by atoms with Crippen LogP contribution in [0.15, 0.2) is 47.6 Å². The summed E-state index contributed by atoms with van der Waals surface area (Å²) in [5.74, 6) is 0.298. The first-order valence-electron chi connectivity index (χ1n) is 7.67. The fraction of sp³-hybridized carbons (Fsp3) is 0.353. The van der Waals surface area contributed by atoms with Crippen LogP contribution in [0.1, 0.15) is 25.3 Å². The van der Waals surface area contributed by atoms with Gasteiger partial charge in [0.05, 0.1) is 23.0 Å². The summed E-state index contributed by atoms with van der Waals surface area (Å²) in [7, 11) is -3.67. The van der Waals surface area contributed by atoms with Gasteiger partial charge < -0.3 is 5.32 Å². The van der Waals surface area contributed by atoms with Gasteiger partial charge in [0.15, 0.2) is 0 Å². The molecule has 0 radical (unpaired) electrons. The van der Waals surface area contributed by atoms with E-state index in [-0.39, 0.29) is 16.1 Å². The van der Waals surface area contributed by atoms with E-state index in [1.54, 1.807) is 18.3 Å². The minimum absolute atomic E-state index is 0.0802. The van der Waals surface area contributed by atoms with E-state index < -0.39 is 10.0 Å². The number of rotatable bonds is 5. The van der Waals surface area contributed by atoms with E-state index in [0.717, 1.165) is 5.56 Å². The molecule has 0 aliphatic heterocycles. The van der Waals surface area contributed by atoms with Crippen LogP contribution >= 0.6 is 0 Å². The molecular weight excluding hydrogens is 329 g/mol. The molecule has 128 valence electrons. The molecule has 0 bridgehead atoms. The Bertz CT molecular complexity index is 850. The fourth-order valence-corrected chi connectivity index (χ4v) is 3.90. The second-order valence-electron chi connectivity index (χ2n) is 6.79. The summed E-state index contributed by atoms with van der Waals surface area (Å²) in [5, 5.41) is 8.35. The van der Waals surface area contributed by atoms with Crippen molar-refractivity contribution in [2.24, 2.45) is 16.5 Å². The maximum atomic E-state index is 13.2.